The Balaban J connectivity index is 2.07. The maximum absolute atomic E-state index is 9.43. The number of aliphatic hydroxyl groups excluding tert-OH is 2. The first-order valence-corrected chi connectivity index (χ1v) is 6.46. The summed E-state index contributed by atoms with van der Waals surface area (Å²) in [6, 6.07) is 3.98. The van der Waals surface area contributed by atoms with E-state index in [1.165, 1.54) is 0 Å². The van der Waals surface area contributed by atoms with Crippen LogP contribution in [0.5, 0.6) is 11.5 Å². The Labute approximate surface area is 113 Å². The molecule has 106 valence electrons. The number of rotatable bonds is 5. The predicted octanol–water partition coefficient (Wildman–Crippen LogP) is 0.551. The molecule has 1 heterocycles. The Morgan fingerprint density at radius 2 is 1.89 bits per heavy atom. The maximum atomic E-state index is 9.43. The minimum absolute atomic E-state index is 0.218. The summed E-state index contributed by atoms with van der Waals surface area (Å²) in [4.78, 5) is 1.97. The number of aryl methyl sites for hydroxylation is 1. The van der Waals surface area contributed by atoms with Crippen LogP contribution >= 0.6 is 0 Å². The fourth-order valence-electron chi connectivity index (χ4n) is 2.18. The van der Waals surface area contributed by atoms with Crippen molar-refractivity contribution >= 4 is 0 Å². The average molecular weight is 267 g/mol. The third-order valence-electron chi connectivity index (χ3n) is 3.17. The third kappa shape index (κ3) is 3.59. The Bertz CT molecular complexity index is 436. The monoisotopic (exact) mass is 267 g/mol. The first-order chi connectivity index (χ1) is 9.10. The molecule has 0 amide bonds. The van der Waals surface area contributed by atoms with Crippen LogP contribution in [0.3, 0.4) is 0 Å². The van der Waals surface area contributed by atoms with Crippen LogP contribution in [0.1, 0.15) is 11.1 Å². The van der Waals surface area contributed by atoms with Crippen LogP contribution in [-0.4, -0.2) is 54.6 Å². The van der Waals surface area contributed by atoms with Crippen LogP contribution in [0.4, 0.5) is 0 Å². The van der Waals surface area contributed by atoms with Crippen LogP contribution in [0.15, 0.2) is 12.1 Å². The minimum Gasteiger partial charge on any atom is -0.486 e. The summed E-state index contributed by atoms with van der Waals surface area (Å²) in [6.45, 7) is 4.11. The quantitative estimate of drug-likeness (QED) is 0.816. The molecule has 1 aromatic carbocycles. The van der Waals surface area contributed by atoms with E-state index in [0.717, 1.165) is 22.6 Å². The number of ether oxygens (including phenoxy) is 2. The summed E-state index contributed by atoms with van der Waals surface area (Å²) in [6.07, 6.45) is -0.706. The third-order valence-corrected chi connectivity index (χ3v) is 3.17. The molecule has 19 heavy (non-hydrogen) atoms. The van der Waals surface area contributed by atoms with Gasteiger partial charge in [0.05, 0.1) is 12.7 Å². The number of nitrogens with zero attached hydrogens (tertiary/aromatic N) is 1. The highest BCUT2D eigenvalue weighted by atomic mass is 16.6. The standard InChI is InChI=1S/C14H21NO4/c1-10-5-13-14(19-4-3-18-13)6-11(10)7-15(2)8-12(17)9-16/h5-6,12,16-17H,3-4,7-9H2,1-2H3. The van der Waals surface area contributed by atoms with Crippen LogP contribution in [-0.2, 0) is 6.54 Å². The van der Waals surface area contributed by atoms with Gasteiger partial charge in [0.1, 0.15) is 13.2 Å². The van der Waals surface area contributed by atoms with Crippen LogP contribution in [0.2, 0.25) is 0 Å². The topological polar surface area (TPSA) is 62.2 Å². The van der Waals surface area contributed by atoms with Crippen molar-refractivity contribution in [1.29, 1.82) is 0 Å². The van der Waals surface area contributed by atoms with Crippen molar-refractivity contribution in [1.82, 2.24) is 4.90 Å². The van der Waals surface area contributed by atoms with Gasteiger partial charge in [0.2, 0.25) is 0 Å². The largest absolute Gasteiger partial charge is 0.486 e. The van der Waals surface area contributed by atoms with Gasteiger partial charge in [-0.3, -0.25) is 4.90 Å². The normalized spacial score (nSPS) is 15.6. The average Bonchev–Trinajstić information content (AvgIpc) is 2.39. The Hall–Kier alpha value is -1.30. The van der Waals surface area contributed by atoms with E-state index in [9.17, 15) is 5.11 Å². The molecule has 0 fully saturated rings. The molecule has 1 atom stereocenters. The number of likely N-dealkylation sites (N-methyl/N-ethyl adjacent to an activating group) is 1. The maximum Gasteiger partial charge on any atom is 0.161 e. The lowest BCUT2D eigenvalue weighted by Crippen LogP contribution is -2.31. The first-order valence-electron chi connectivity index (χ1n) is 6.46. The number of aliphatic hydroxyl groups is 2. The molecule has 0 saturated heterocycles. The van der Waals surface area contributed by atoms with Gasteiger partial charge in [0.25, 0.3) is 0 Å². The van der Waals surface area contributed by atoms with E-state index in [4.69, 9.17) is 14.6 Å². The van der Waals surface area contributed by atoms with Crippen molar-refractivity contribution in [3.05, 3.63) is 23.3 Å². The highest BCUT2D eigenvalue weighted by molar-refractivity contribution is 5.47. The Kier molecular flexibility index (Phi) is 4.63. The molecular formula is C14H21NO4. The predicted molar refractivity (Wildman–Crippen MR) is 71.6 cm³/mol. The van der Waals surface area contributed by atoms with Gasteiger partial charge in [-0.15, -0.1) is 0 Å². The van der Waals surface area contributed by atoms with E-state index in [1.54, 1.807) is 0 Å². The van der Waals surface area contributed by atoms with Crippen molar-refractivity contribution < 1.29 is 19.7 Å². The summed E-state index contributed by atoms with van der Waals surface area (Å²) in [5.41, 5.74) is 2.27. The number of hydrogen-bond donors (Lipinski definition) is 2. The van der Waals surface area contributed by atoms with E-state index in [-0.39, 0.29) is 6.61 Å². The summed E-state index contributed by atoms with van der Waals surface area (Å²) in [5, 5.41) is 18.3. The molecule has 1 aliphatic rings. The lowest BCUT2D eigenvalue weighted by atomic mass is 10.1. The molecule has 0 saturated carbocycles. The molecule has 0 aliphatic carbocycles. The van der Waals surface area contributed by atoms with E-state index in [0.29, 0.717) is 26.3 Å². The van der Waals surface area contributed by atoms with Crippen molar-refractivity contribution in [2.45, 2.75) is 19.6 Å². The number of fused-ring (bicyclic) bond motifs is 1. The summed E-state index contributed by atoms with van der Waals surface area (Å²) < 4.78 is 11.1. The van der Waals surface area contributed by atoms with Gasteiger partial charge in [-0.1, -0.05) is 0 Å². The second-order valence-corrected chi connectivity index (χ2v) is 4.96. The molecule has 0 bridgehead atoms. The molecule has 2 rings (SSSR count). The SMILES string of the molecule is Cc1cc2c(cc1CN(C)CC(O)CO)OCCO2. The second kappa shape index (κ2) is 6.23. The zero-order chi connectivity index (χ0) is 13.8. The van der Waals surface area contributed by atoms with Gasteiger partial charge in [0.15, 0.2) is 11.5 Å². The van der Waals surface area contributed by atoms with E-state index < -0.39 is 6.10 Å². The second-order valence-electron chi connectivity index (χ2n) is 4.96. The molecule has 5 nitrogen and oxygen atoms in total. The van der Waals surface area contributed by atoms with Crippen LogP contribution < -0.4 is 9.47 Å². The van der Waals surface area contributed by atoms with Gasteiger partial charge in [-0.05, 0) is 37.2 Å². The highest BCUT2D eigenvalue weighted by Gasteiger charge is 2.15. The summed E-state index contributed by atoms with van der Waals surface area (Å²) in [5.74, 6) is 1.58. The Morgan fingerprint density at radius 3 is 2.53 bits per heavy atom. The molecule has 0 aromatic heterocycles. The van der Waals surface area contributed by atoms with Gasteiger partial charge >= 0.3 is 0 Å². The number of benzene rings is 1. The lowest BCUT2D eigenvalue weighted by Gasteiger charge is -2.23. The highest BCUT2D eigenvalue weighted by Crippen LogP contribution is 2.33. The molecule has 5 heteroatoms. The van der Waals surface area contributed by atoms with E-state index in [2.05, 4.69) is 0 Å². The fraction of sp³-hybridized carbons (Fsp3) is 0.571. The fourth-order valence-corrected chi connectivity index (χ4v) is 2.18. The van der Waals surface area contributed by atoms with Gasteiger partial charge in [-0.2, -0.15) is 0 Å². The number of hydrogen-bond acceptors (Lipinski definition) is 5. The van der Waals surface area contributed by atoms with Crippen LogP contribution in [0.25, 0.3) is 0 Å². The van der Waals surface area contributed by atoms with Crippen molar-refractivity contribution in [2.75, 3.05) is 33.4 Å². The minimum atomic E-state index is -0.706. The van der Waals surface area contributed by atoms with Crippen molar-refractivity contribution in [2.24, 2.45) is 0 Å². The van der Waals surface area contributed by atoms with Gasteiger partial charge in [-0.25, -0.2) is 0 Å². The van der Waals surface area contributed by atoms with Gasteiger partial charge in [0, 0.05) is 13.1 Å². The first kappa shape index (κ1) is 14.1. The molecule has 2 N–H and O–H groups in total. The molecule has 1 unspecified atom stereocenters. The molecule has 1 aromatic rings. The lowest BCUT2D eigenvalue weighted by molar-refractivity contribution is 0.0647. The molecule has 0 radical (unpaired) electrons. The zero-order valence-corrected chi connectivity index (χ0v) is 11.4. The Morgan fingerprint density at radius 1 is 1.26 bits per heavy atom. The molecular weight excluding hydrogens is 246 g/mol. The summed E-state index contributed by atoms with van der Waals surface area (Å²) >= 11 is 0. The van der Waals surface area contributed by atoms with E-state index in [1.807, 2.05) is 31.0 Å². The van der Waals surface area contributed by atoms with Crippen molar-refractivity contribution in [3.63, 3.8) is 0 Å². The van der Waals surface area contributed by atoms with Gasteiger partial charge < -0.3 is 19.7 Å². The molecule has 1 aliphatic heterocycles. The van der Waals surface area contributed by atoms with Crippen molar-refractivity contribution in [3.8, 4) is 11.5 Å². The smallest absolute Gasteiger partial charge is 0.161 e. The summed E-state index contributed by atoms with van der Waals surface area (Å²) in [7, 11) is 1.91. The van der Waals surface area contributed by atoms with Crippen LogP contribution in [0, 0.1) is 6.92 Å². The zero-order valence-electron chi connectivity index (χ0n) is 11.4. The molecule has 0 spiro atoms. The van der Waals surface area contributed by atoms with E-state index >= 15 is 0 Å².